The fourth-order valence-electron chi connectivity index (χ4n) is 4.12. The maximum atomic E-state index is 12.4. The van der Waals surface area contributed by atoms with Crippen molar-refractivity contribution in [2.24, 2.45) is 0 Å². The predicted octanol–water partition coefficient (Wildman–Crippen LogP) is 5.15. The SMILES string of the molecule is CCc1nc2cc(C(C)=O)ccc2n1-c1ccc(CC(C)OC(=O)NS(=O)(=O)c2ccc(C)cc2)cc1. The first-order valence-electron chi connectivity index (χ1n) is 12.0. The van der Waals surface area contributed by atoms with Gasteiger partial charge in [-0.3, -0.25) is 9.36 Å². The Hall–Kier alpha value is -3.98. The van der Waals surface area contributed by atoms with Crippen LogP contribution in [0.4, 0.5) is 4.79 Å². The molecule has 0 saturated carbocycles. The third-order valence-corrected chi connectivity index (χ3v) is 7.35. The van der Waals surface area contributed by atoms with E-state index in [1.807, 2.05) is 55.0 Å². The van der Waals surface area contributed by atoms with Gasteiger partial charge in [0.1, 0.15) is 11.9 Å². The molecule has 9 heteroatoms. The van der Waals surface area contributed by atoms with E-state index in [-0.39, 0.29) is 10.7 Å². The Morgan fingerprint density at radius 2 is 1.70 bits per heavy atom. The fourth-order valence-corrected chi connectivity index (χ4v) is 5.00. The number of sulfonamides is 1. The number of carbonyl (C=O) groups is 2. The first kappa shape index (κ1) is 26.1. The van der Waals surface area contributed by atoms with E-state index in [1.54, 1.807) is 25.1 Å². The normalized spacial score (nSPS) is 12.3. The van der Waals surface area contributed by atoms with Crippen molar-refractivity contribution in [2.45, 2.75) is 51.5 Å². The molecule has 0 aliphatic rings. The van der Waals surface area contributed by atoms with Crippen LogP contribution in [0.2, 0.25) is 0 Å². The summed E-state index contributed by atoms with van der Waals surface area (Å²) in [6.07, 6.45) is -0.445. The smallest absolute Gasteiger partial charge is 0.421 e. The van der Waals surface area contributed by atoms with Gasteiger partial charge in [-0.1, -0.05) is 36.8 Å². The number of amides is 1. The van der Waals surface area contributed by atoms with Crippen molar-refractivity contribution in [3.8, 4) is 5.69 Å². The van der Waals surface area contributed by atoms with Gasteiger partial charge >= 0.3 is 6.09 Å². The number of hydrogen-bond acceptors (Lipinski definition) is 6. The zero-order valence-electron chi connectivity index (χ0n) is 21.2. The summed E-state index contributed by atoms with van der Waals surface area (Å²) in [6.45, 7) is 7.12. The van der Waals surface area contributed by atoms with Crippen LogP contribution in [-0.2, 0) is 27.6 Å². The topological polar surface area (TPSA) is 107 Å². The Morgan fingerprint density at radius 1 is 1.03 bits per heavy atom. The number of nitrogens with zero attached hydrogens (tertiary/aromatic N) is 2. The van der Waals surface area contributed by atoms with Gasteiger partial charge in [0.2, 0.25) is 0 Å². The van der Waals surface area contributed by atoms with Crippen molar-refractivity contribution in [3.05, 3.63) is 89.2 Å². The van der Waals surface area contributed by atoms with Gasteiger partial charge in [-0.05, 0) is 68.8 Å². The number of ketones is 1. The molecule has 1 unspecified atom stereocenters. The van der Waals surface area contributed by atoms with E-state index in [2.05, 4.69) is 4.57 Å². The van der Waals surface area contributed by atoms with E-state index in [0.717, 1.165) is 40.1 Å². The summed E-state index contributed by atoms with van der Waals surface area (Å²) in [5, 5.41) is 0. The fraction of sp³-hybridized carbons (Fsp3) is 0.250. The highest BCUT2D eigenvalue weighted by Crippen LogP contribution is 2.24. The van der Waals surface area contributed by atoms with Crippen LogP contribution in [0.15, 0.2) is 71.6 Å². The van der Waals surface area contributed by atoms with Crippen molar-refractivity contribution in [1.82, 2.24) is 14.3 Å². The second kappa shape index (κ2) is 10.6. The second-order valence-electron chi connectivity index (χ2n) is 8.98. The lowest BCUT2D eigenvalue weighted by atomic mass is 10.1. The van der Waals surface area contributed by atoms with Gasteiger partial charge in [0.05, 0.1) is 15.9 Å². The molecule has 1 atom stereocenters. The van der Waals surface area contributed by atoms with Crippen LogP contribution >= 0.6 is 0 Å². The Labute approximate surface area is 216 Å². The van der Waals surface area contributed by atoms with Crippen LogP contribution in [0.1, 0.15) is 48.1 Å². The minimum atomic E-state index is -4.01. The highest BCUT2D eigenvalue weighted by atomic mass is 32.2. The molecule has 8 nitrogen and oxygen atoms in total. The summed E-state index contributed by atoms with van der Waals surface area (Å²) in [5.41, 5.74) is 5.07. The van der Waals surface area contributed by atoms with Crippen LogP contribution in [0.25, 0.3) is 16.7 Å². The van der Waals surface area contributed by atoms with Crippen LogP contribution in [0, 0.1) is 6.92 Å². The van der Waals surface area contributed by atoms with E-state index in [1.165, 1.54) is 19.1 Å². The molecule has 37 heavy (non-hydrogen) atoms. The largest absolute Gasteiger partial charge is 0.445 e. The molecular formula is C28H29N3O5S. The molecule has 1 amide bonds. The number of fused-ring (bicyclic) bond motifs is 1. The molecule has 3 aromatic carbocycles. The molecule has 4 rings (SSSR count). The number of nitrogens with one attached hydrogen (secondary N) is 1. The minimum Gasteiger partial charge on any atom is -0.445 e. The van der Waals surface area contributed by atoms with Crippen LogP contribution in [0.5, 0.6) is 0 Å². The average molecular weight is 520 g/mol. The van der Waals surface area contributed by atoms with Crippen molar-refractivity contribution >= 4 is 32.9 Å². The minimum absolute atomic E-state index is 0.00313. The Balaban J connectivity index is 1.44. The van der Waals surface area contributed by atoms with Crippen molar-refractivity contribution in [1.29, 1.82) is 0 Å². The number of aromatic nitrogens is 2. The number of ether oxygens (including phenoxy) is 1. The number of benzene rings is 3. The standard InChI is InChI=1S/C28H29N3O5S/c1-5-27-29-25-17-22(20(4)32)10-15-26(25)31(27)23-11-8-21(9-12-23)16-19(3)36-28(33)30-37(34,35)24-13-6-18(2)7-14-24/h6-15,17,19H,5,16H2,1-4H3,(H,30,33). The van der Waals surface area contributed by atoms with Crippen LogP contribution < -0.4 is 4.72 Å². The van der Waals surface area contributed by atoms with Gasteiger partial charge in [-0.25, -0.2) is 22.9 Å². The van der Waals surface area contributed by atoms with Gasteiger partial charge in [0.25, 0.3) is 10.0 Å². The molecular weight excluding hydrogens is 490 g/mol. The molecule has 4 aromatic rings. The summed E-state index contributed by atoms with van der Waals surface area (Å²) < 4.78 is 34.1. The van der Waals surface area contributed by atoms with Gasteiger partial charge in [-0.2, -0.15) is 0 Å². The van der Waals surface area contributed by atoms with Crippen molar-refractivity contribution < 1.29 is 22.7 Å². The van der Waals surface area contributed by atoms with Crippen LogP contribution in [-0.4, -0.2) is 35.9 Å². The van der Waals surface area contributed by atoms with Gasteiger partial charge in [0.15, 0.2) is 5.78 Å². The first-order valence-corrected chi connectivity index (χ1v) is 13.5. The molecule has 0 bridgehead atoms. The monoisotopic (exact) mass is 519 g/mol. The summed E-state index contributed by atoms with van der Waals surface area (Å²) >= 11 is 0. The number of Topliss-reactive ketones (excluding diaryl/α,β-unsaturated/α-hetero) is 1. The number of carbonyl (C=O) groups excluding carboxylic acids is 2. The Kier molecular flexibility index (Phi) is 7.45. The third kappa shape index (κ3) is 5.89. The molecule has 1 aromatic heterocycles. The molecule has 0 spiro atoms. The zero-order valence-corrected chi connectivity index (χ0v) is 22.0. The van der Waals surface area contributed by atoms with Crippen molar-refractivity contribution in [2.75, 3.05) is 0 Å². The number of imidazole rings is 1. The third-order valence-electron chi connectivity index (χ3n) is 6.02. The molecule has 1 heterocycles. The maximum absolute atomic E-state index is 12.4. The predicted molar refractivity (Wildman–Crippen MR) is 142 cm³/mol. The van der Waals surface area contributed by atoms with Crippen LogP contribution in [0.3, 0.4) is 0 Å². The van der Waals surface area contributed by atoms with Gasteiger partial charge in [-0.15, -0.1) is 0 Å². The molecule has 0 aliphatic heterocycles. The van der Waals surface area contributed by atoms with E-state index >= 15 is 0 Å². The van der Waals surface area contributed by atoms with Gasteiger partial charge in [0, 0.05) is 24.1 Å². The van der Waals surface area contributed by atoms with Crippen molar-refractivity contribution in [3.63, 3.8) is 0 Å². The molecule has 1 N–H and O–H groups in total. The van der Waals surface area contributed by atoms with E-state index < -0.39 is 22.2 Å². The van der Waals surface area contributed by atoms with Gasteiger partial charge < -0.3 is 4.74 Å². The summed E-state index contributed by atoms with van der Waals surface area (Å²) in [5.74, 6) is 0.878. The van der Waals surface area contributed by atoms with E-state index in [9.17, 15) is 18.0 Å². The number of aryl methyl sites for hydroxylation is 2. The summed E-state index contributed by atoms with van der Waals surface area (Å²) in [7, 11) is -4.01. The first-order chi connectivity index (χ1) is 17.6. The molecule has 192 valence electrons. The number of rotatable bonds is 8. The summed E-state index contributed by atoms with van der Waals surface area (Å²) in [6, 6.07) is 19.5. The summed E-state index contributed by atoms with van der Waals surface area (Å²) in [4.78, 5) is 28.7. The average Bonchev–Trinajstić information content (AvgIpc) is 3.22. The Bertz CT molecular complexity index is 1560. The maximum Gasteiger partial charge on any atom is 0.421 e. The highest BCUT2D eigenvalue weighted by Gasteiger charge is 2.20. The lowest BCUT2D eigenvalue weighted by Crippen LogP contribution is -2.33. The van der Waals surface area contributed by atoms with E-state index in [0.29, 0.717) is 12.0 Å². The quantitative estimate of drug-likeness (QED) is 0.323. The molecule has 0 fully saturated rings. The highest BCUT2D eigenvalue weighted by molar-refractivity contribution is 7.90. The molecule has 0 saturated heterocycles. The second-order valence-corrected chi connectivity index (χ2v) is 10.7. The molecule has 0 radical (unpaired) electrons. The lowest BCUT2D eigenvalue weighted by Gasteiger charge is -2.15. The lowest BCUT2D eigenvalue weighted by molar-refractivity contribution is 0.101. The number of hydrogen-bond donors (Lipinski definition) is 1. The van der Waals surface area contributed by atoms with E-state index in [4.69, 9.17) is 9.72 Å². The Morgan fingerprint density at radius 3 is 2.32 bits per heavy atom. The zero-order chi connectivity index (χ0) is 26.7. The molecule has 0 aliphatic carbocycles.